The van der Waals surface area contributed by atoms with E-state index in [0.29, 0.717) is 29.7 Å². The highest BCUT2D eigenvalue weighted by Gasteiger charge is 2.21. The third-order valence-corrected chi connectivity index (χ3v) is 5.51. The number of ether oxygens (including phenoxy) is 1. The van der Waals surface area contributed by atoms with Crippen molar-refractivity contribution in [2.75, 3.05) is 25.5 Å². The topological polar surface area (TPSA) is 81.4 Å². The second kappa shape index (κ2) is 6.89. The average Bonchev–Trinajstić information content (AvgIpc) is 3.20. The van der Waals surface area contributed by atoms with Crippen molar-refractivity contribution in [3.63, 3.8) is 0 Å². The lowest BCUT2D eigenvalue weighted by molar-refractivity contribution is 0.123. The van der Waals surface area contributed by atoms with Crippen molar-refractivity contribution in [3.05, 3.63) is 22.7 Å². The first-order valence-electron chi connectivity index (χ1n) is 6.61. The highest BCUT2D eigenvalue weighted by Crippen LogP contribution is 2.28. The smallest absolute Gasteiger partial charge is 0.241 e. The van der Waals surface area contributed by atoms with Gasteiger partial charge in [-0.1, -0.05) is 0 Å². The van der Waals surface area contributed by atoms with Gasteiger partial charge >= 0.3 is 0 Å². The summed E-state index contributed by atoms with van der Waals surface area (Å²) in [4.78, 5) is 0.163. The van der Waals surface area contributed by atoms with Crippen molar-refractivity contribution in [1.29, 1.82) is 0 Å². The minimum Gasteiger partial charge on any atom is -0.399 e. The van der Waals surface area contributed by atoms with Gasteiger partial charge < -0.3 is 10.5 Å². The van der Waals surface area contributed by atoms with Gasteiger partial charge in [0.05, 0.1) is 4.90 Å². The molecule has 1 aromatic carbocycles. The Bertz CT molecular complexity index is 559. The maximum Gasteiger partial charge on any atom is 0.241 e. The van der Waals surface area contributed by atoms with E-state index in [1.807, 2.05) is 0 Å². The Morgan fingerprint density at radius 3 is 2.85 bits per heavy atom. The summed E-state index contributed by atoms with van der Waals surface area (Å²) in [5, 5.41) is 0. The fourth-order valence-corrected chi connectivity index (χ4v) is 3.79. The van der Waals surface area contributed by atoms with Crippen LogP contribution in [-0.2, 0) is 14.8 Å². The molecular weight excluding hydrogens is 344 g/mol. The Kier molecular flexibility index (Phi) is 5.42. The maximum atomic E-state index is 12.1. The zero-order valence-corrected chi connectivity index (χ0v) is 13.5. The molecule has 1 saturated carbocycles. The predicted octanol–water partition coefficient (Wildman–Crippen LogP) is 2.13. The van der Waals surface area contributed by atoms with Crippen LogP contribution in [0.3, 0.4) is 0 Å². The quantitative estimate of drug-likeness (QED) is 0.548. The van der Waals surface area contributed by atoms with Gasteiger partial charge in [0.25, 0.3) is 0 Å². The van der Waals surface area contributed by atoms with Crippen LogP contribution >= 0.6 is 15.9 Å². The molecule has 0 heterocycles. The Morgan fingerprint density at radius 1 is 1.40 bits per heavy atom. The summed E-state index contributed by atoms with van der Waals surface area (Å²) in [6.07, 6.45) is 3.18. The number of hydrogen-bond donors (Lipinski definition) is 2. The van der Waals surface area contributed by atoms with Crippen LogP contribution in [0.5, 0.6) is 0 Å². The molecule has 0 spiro atoms. The Morgan fingerprint density at radius 2 is 2.15 bits per heavy atom. The molecule has 0 bridgehead atoms. The number of halogens is 1. The Balaban J connectivity index is 1.79. The first kappa shape index (κ1) is 15.8. The van der Waals surface area contributed by atoms with Crippen molar-refractivity contribution in [3.8, 4) is 0 Å². The van der Waals surface area contributed by atoms with E-state index in [1.165, 1.54) is 18.9 Å². The SMILES string of the molecule is Nc1ccc(Br)c(S(=O)(=O)NCCCOCC2CC2)c1. The molecule has 0 saturated heterocycles. The van der Waals surface area contributed by atoms with E-state index in [4.69, 9.17) is 10.5 Å². The van der Waals surface area contributed by atoms with Gasteiger partial charge in [-0.2, -0.15) is 0 Å². The first-order chi connectivity index (χ1) is 9.49. The average molecular weight is 363 g/mol. The van der Waals surface area contributed by atoms with Gasteiger partial charge in [-0.25, -0.2) is 13.1 Å². The van der Waals surface area contributed by atoms with Gasteiger partial charge in [0.1, 0.15) is 0 Å². The molecule has 0 amide bonds. The van der Waals surface area contributed by atoms with Crippen molar-refractivity contribution in [2.45, 2.75) is 24.2 Å². The normalized spacial score (nSPS) is 15.4. The number of rotatable bonds is 8. The van der Waals surface area contributed by atoms with Gasteiger partial charge in [0.15, 0.2) is 0 Å². The number of benzene rings is 1. The first-order valence-corrected chi connectivity index (χ1v) is 8.89. The largest absolute Gasteiger partial charge is 0.399 e. The molecule has 0 aromatic heterocycles. The van der Waals surface area contributed by atoms with Crippen LogP contribution in [0, 0.1) is 5.92 Å². The number of nitrogens with two attached hydrogens (primary N) is 1. The highest BCUT2D eigenvalue weighted by molar-refractivity contribution is 9.10. The fourth-order valence-electron chi connectivity index (χ4n) is 1.72. The van der Waals surface area contributed by atoms with Crippen LogP contribution in [0.15, 0.2) is 27.6 Å². The van der Waals surface area contributed by atoms with Crippen molar-refractivity contribution in [2.24, 2.45) is 5.92 Å². The number of nitrogens with one attached hydrogen (secondary N) is 1. The molecule has 20 heavy (non-hydrogen) atoms. The van der Waals surface area contributed by atoms with Gasteiger partial charge in [-0.3, -0.25) is 0 Å². The van der Waals surface area contributed by atoms with E-state index in [1.54, 1.807) is 12.1 Å². The lowest BCUT2D eigenvalue weighted by Gasteiger charge is -2.09. The molecule has 1 fully saturated rings. The van der Waals surface area contributed by atoms with E-state index in [0.717, 1.165) is 12.5 Å². The highest BCUT2D eigenvalue weighted by atomic mass is 79.9. The third-order valence-electron chi connectivity index (χ3n) is 3.05. The molecule has 3 N–H and O–H groups in total. The molecular formula is C13H19BrN2O3S. The maximum absolute atomic E-state index is 12.1. The molecule has 0 atom stereocenters. The van der Waals surface area contributed by atoms with Gasteiger partial charge in [0, 0.05) is 29.9 Å². The van der Waals surface area contributed by atoms with Crippen LogP contribution in [0.25, 0.3) is 0 Å². The van der Waals surface area contributed by atoms with Crippen molar-refractivity contribution >= 4 is 31.6 Å². The molecule has 1 aliphatic carbocycles. The Labute approximate surface area is 128 Å². The molecule has 7 heteroatoms. The molecule has 112 valence electrons. The number of anilines is 1. The second-order valence-corrected chi connectivity index (χ2v) is 7.55. The van der Waals surface area contributed by atoms with Crippen LogP contribution in [0.1, 0.15) is 19.3 Å². The summed E-state index contributed by atoms with van der Waals surface area (Å²) in [5.74, 6) is 0.731. The minimum absolute atomic E-state index is 0.163. The van der Waals surface area contributed by atoms with Crippen LogP contribution < -0.4 is 10.5 Å². The molecule has 0 radical (unpaired) electrons. The van der Waals surface area contributed by atoms with E-state index in [-0.39, 0.29) is 4.90 Å². The molecule has 1 aromatic rings. The molecule has 0 unspecified atom stereocenters. The number of sulfonamides is 1. The van der Waals surface area contributed by atoms with E-state index in [2.05, 4.69) is 20.7 Å². The van der Waals surface area contributed by atoms with Gasteiger partial charge in [-0.05, 0) is 59.3 Å². The van der Waals surface area contributed by atoms with Gasteiger partial charge in [-0.15, -0.1) is 0 Å². The standard InChI is InChI=1S/C13H19BrN2O3S/c14-12-5-4-11(15)8-13(12)20(17,18)16-6-1-7-19-9-10-2-3-10/h4-5,8,10,16H,1-3,6-7,9,15H2. The molecule has 1 aliphatic rings. The molecule has 5 nitrogen and oxygen atoms in total. The summed E-state index contributed by atoms with van der Waals surface area (Å²) in [5.41, 5.74) is 6.04. The third kappa shape index (κ3) is 4.73. The summed E-state index contributed by atoms with van der Waals surface area (Å²) in [6.45, 7) is 1.73. The lowest BCUT2D eigenvalue weighted by Crippen LogP contribution is -2.26. The second-order valence-electron chi connectivity index (χ2n) is 4.96. The van der Waals surface area contributed by atoms with E-state index < -0.39 is 10.0 Å². The summed E-state index contributed by atoms with van der Waals surface area (Å²) in [7, 11) is -3.54. The molecule has 0 aliphatic heterocycles. The minimum atomic E-state index is -3.54. The van der Waals surface area contributed by atoms with Crippen LogP contribution in [0.2, 0.25) is 0 Å². The predicted molar refractivity (Wildman–Crippen MR) is 81.9 cm³/mol. The number of nitrogen functional groups attached to an aromatic ring is 1. The van der Waals surface area contributed by atoms with Crippen LogP contribution in [-0.4, -0.2) is 28.2 Å². The monoisotopic (exact) mass is 362 g/mol. The lowest BCUT2D eigenvalue weighted by atomic mass is 10.3. The van der Waals surface area contributed by atoms with Gasteiger partial charge in [0.2, 0.25) is 10.0 Å². The Hall–Kier alpha value is -0.630. The summed E-state index contributed by atoms with van der Waals surface area (Å²) < 4.78 is 32.8. The van der Waals surface area contributed by atoms with Crippen LogP contribution in [0.4, 0.5) is 5.69 Å². The zero-order valence-electron chi connectivity index (χ0n) is 11.1. The summed E-state index contributed by atoms with van der Waals surface area (Å²) in [6, 6.07) is 4.72. The van der Waals surface area contributed by atoms with E-state index in [9.17, 15) is 8.42 Å². The summed E-state index contributed by atoms with van der Waals surface area (Å²) >= 11 is 3.22. The van der Waals surface area contributed by atoms with Crippen molar-refractivity contribution in [1.82, 2.24) is 4.72 Å². The fraction of sp³-hybridized carbons (Fsp3) is 0.538. The zero-order chi connectivity index (χ0) is 14.6. The molecule has 2 rings (SSSR count). The van der Waals surface area contributed by atoms with E-state index >= 15 is 0 Å². The van der Waals surface area contributed by atoms with Crippen molar-refractivity contribution < 1.29 is 13.2 Å². The number of hydrogen-bond acceptors (Lipinski definition) is 4.